The second-order valence-electron chi connectivity index (χ2n) is 6.39. The molecular weight excluding hydrogens is 415 g/mol. The highest BCUT2D eigenvalue weighted by Gasteiger charge is 2.14. The summed E-state index contributed by atoms with van der Waals surface area (Å²) in [7, 11) is 0. The normalized spacial score (nSPS) is 16.7. The van der Waals surface area contributed by atoms with Crippen LogP contribution in [-0.4, -0.2) is 50.1 Å². The number of piperidine rings is 1. The Morgan fingerprint density at radius 2 is 2.12 bits per heavy atom. The SMILES string of the molecule is CCNC(=NCCCN1CCC(C)CC1)NCCc1ccco1.I. The average Bonchev–Trinajstić information content (AvgIpc) is 3.06. The highest BCUT2D eigenvalue weighted by molar-refractivity contribution is 14.0. The van der Waals surface area contributed by atoms with E-state index in [1.807, 2.05) is 12.1 Å². The molecule has 1 aliphatic rings. The maximum atomic E-state index is 5.34. The Bertz CT molecular complexity index is 442. The molecule has 24 heavy (non-hydrogen) atoms. The van der Waals surface area contributed by atoms with Gasteiger partial charge in [0.2, 0.25) is 0 Å². The van der Waals surface area contributed by atoms with Crippen LogP contribution in [0.25, 0.3) is 0 Å². The summed E-state index contributed by atoms with van der Waals surface area (Å²) in [6, 6.07) is 3.93. The van der Waals surface area contributed by atoms with Crippen LogP contribution in [-0.2, 0) is 6.42 Å². The molecule has 0 spiro atoms. The first-order chi connectivity index (χ1) is 11.3. The number of likely N-dealkylation sites (tertiary alicyclic amines) is 1. The molecule has 2 heterocycles. The number of hydrogen-bond acceptors (Lipinski definition) is 3. The molecule has 0 unspecified atom stereocenters. The van der Waals surface area contributed by atoms with Gasteiger partial charge in [-0.05, 0) is 63.9 Å². The molecule has 0 atom stereocenters. The van der Waals surface area contributed by atoms with E-state index in [1.165, 1.54) is 32.5 Å². The molecule has 2 N–H and O–H groups in total. The van der Waals surface area contributed by atoms with Crippen LogP contribution in [0.3, 0.4) is 0 Å². The Morgan fingerprint density at radius 3 is 2.79 bits per heavy atom. The van der Waals surface area contributed by atoms with Crippen LogP contribution < -0.4 is 10.6 Å². The van der Waals surface area contributed by atoms with E-state index < -0.39 is 0 Å². The van der Waals surface area contributed by atoms with Crippen molar-refractivity contribution in [1.29, 1.82) is 0 Å². The van der Waals surface area contributed by atoms with Gasteiger partial charge in [-0.2, -0.15) is 0 Å². The number of nitrogens with one attached hydrogen (secondary N) is 2. The largest absolute Gasteiger partial charge is 0.469 e. The summed E-state index contributed by atoms with van der Waals surface area (Å²) >= 11 is 0. The van der Waals surface area contributed by atoms with Crippen molar-refractivity contribution in [3.63, 3.8) is 0 Å². The van der Waals surface area contributed by atoms with Crippen LogP contribution in [0.2, 0.25) is 0 Å². The number of nitrogens with zero attached hydrogens (tertiary/aromatic N) is 2. The van der Waals surface area contributed by atoms with Crippen molar-refractivity contribution in [3.8, 4) is 0 Å². The summed E-state index contributed by atoms with van der Waals surface area (Å²) in [5.41, 5.74) is 0. The minimum Gasteiger partial charge on any atom is -0.469 e. The van der Waals surface area contributed by atoms with E-state index in [-0.39, 0.29) is 24.0 Å². The van der Waals surface area contributed by atoms with E-state index in [4.69, 9.17) is 4.42 Å². The van der Waals surface area contributed by atoms with Crippen LogP contribution in [0, 0.1) is 5.92 Å². The van der Waals surface area contributed by atoms with Gasteiger partial charge in [0.25, 0.3) is 0 Å². The van der Waals surface area contributed by atoms with Gasteiger partial charge in [0.15, 0.2) is 5.96 Å². The fraction of sp³-hybridized carbons (Fsp3) is 0.722. The fourth-order valence-corrected chi connectivity index (χ4v) is 2.87. The molecular formula is C18H33IN4O. The lowest BCUT2D eigenvalue weighted by Gasteiger charge is -2.29. The third kappa shape index (κ3) is 8.37. The molecule has 1 saturated heterocycles. The molecule has 0 saturated carbocycles. The van der Waals surface area contributed by atoms with Crippen LogP contribution >= 0.6 is 24.0 Å². The molecule has 1 aromatic rings. The van der Waals surface area contributed by atoms with Crippen molar-refractivity contribution >= 4 is 29.9 Å². The molecule has 1 fully saturated rings. The maximum Gasteiger partial charge on any atom is 0.191 e. The molecule has 138 valence electrons. The molecule has 5 nitrogen and oxygen atoms in total. The van der Waals surface area contributed by atoms with Crippen LogP contribution in [0.5, 0.6) is 0 Å². The Labute approximate surface area is 163 Å². The lowest BCUT2D eigenvalue weighted by atomic mass is 9.99. The van der Waals surface area contributed by atoms with Crippen LogP contribution in [0.1, 0.15) is 38.9 Å². The molecule has 0 bridgehead atoms. The highest BCUT2D eigenvalue weighted by atomic mass is 127. The van der Waals surface area contributed by atoms with Crippen LogP contribution in [0.4, 0.5) is 0 Å². The minimum absolute atomic E-state index is 0. The van der Waals surface area contributed by atoms with Crippen LogP contribution in [0.15, 0.2) is 27.8 Å². The lowest BCUT2D eigenvalue weighted by molar-refractivity contribution is 0.192. The van der Waals surface area contributed by atoms with Gasteiger partial charge in [-0.3, -0.25) is 4.99 Å². The van der Waals surface area contributed by atoms with Gasteiger partial charge < -0.3 is 20.0 Å². The van der Waals surface area contributed by atoms with Crippen molar-refractivity contribution < 1.29 is 4.42 Å². The average molecular weight is 448 g/mol. The quantitative estimate of drug-likeness (QED) is 0.278. The van der Waals surface area contributed by atoms with Gasteiger partial charge >= 0.3 is 0 Å². The predicted molar refractivity (Wildman–Crippen MR) is 111 cm³/mol. The Morgan fingerprint density at radius 1 is 1.33 bits per heavy atom. The Balaban J connectivity index is 0.00000288. The fourth-order valence-electron chi connectivity index (χ4n) is 2.87. The summed E-state index contributed by atoms with van der Waals surface area (Å²) in [6.45, 7) is 10.7. The zero-order valence-electron chi connectivity index (χ0n) is 15.1. The molecule has 6 heteroatoms. The van der Waals surface area contributed by atoms with Gasteiger partial charge in [-0.25, -0.2) is 0 Å². The zero-order chi connectivity index (χ0) is 16.3. The molecule has 1 aromatic heterocycles. The topological polar surface area (TPSA) is 52.8 Å². The Hall–Kier alpha value is -0.760. The molecule has 1 aliphatic heterocycles. The van der Waals surface area contributed by atoms with Crippen molar-refractivity contribution in [3.05, 3.63) is 24.2 Å². The third-order valence-corrected chi connectivity index (χ3v) is 4.37. The van der Waals surface area contributed by atoms with Crippen molar-refractivity contribution in [1.82, 2.24) is 15.5 Å². The van der Waals surface area contributed by atoms with E-state index in [0.29, 0.717) is 0 Å². The van der Waals surface area contributed by atoms with Gasteiger partial charge in [0, 0.05) is 26.1 Å². The smallest absolute Gasteiger partial charge is 0.191 e. The highest BCUT2D eigenvalue weighted by Crippen LogP contribution is 2.15. The number of aliphatic imine (C=N–C) groups is 1. The monoisotopic (exact) mass is 448 g/mol. The lowest BCUT2D eigenvalue weighted by Crippen LogP contribution is -2.38. The number of rotatable bonds is 8. The van der Waals surface area contributed by atoms with Gasteiger partial charge in [0.05, 0.1) is 6.26 Å². The van der Waals surface area contributed by atoms with E-state index in [0.717, 1.165) is 50.1 Å². The summed E-state index contributed by atoms with van der Waals surface area (Å²) in [5.74, 6) is 2.82. The second kappa shape index (κ2) is 12.6. The molecule has 0 aliphatic carbocycles. The molecule has 0 aromatic carbocycles. The summed E-state index contributed by atoms with van der Waals surface area (Å²) < 4.78 is 5.34. The minimum atomic E-state index is 0. The van der Waals surface area contributed by atoms with E-state index in [1.54, 1.807) is 6.26 Å². The second-order valence-corrected chi connectivity index (χ2v) is 6.39. The van der Waals surface area contributed by atoms with Crippen molar-refractivity contribution in [2.24, 2.45) is 10.9 Å². The summed E-state index contributed by atoms with van der Waals surface area (Å²) in [5, 5.41) is 6.67. The Kier molecular flexibility index (Phi) is 11.2. The summed E-state index contributed by atoms with van der Waals surface area (Å²) in [4.78, 5) is 7.24. The van der Waals surface area contributed by atoms with Gasteiger partial charge in [0.1, 0.15) is 5.76 Å². The number of hydrogen-bond donors (Lipinski definition) is 2. The number of halogens is 1. The van der Waals surface area contributed by atoms with Gasteiger partial charge in [-0.15, -0.1) is 24.0 Å². The zero-order valence-corrected chi connectivity index (χ0v) is 17.4. The van der Waals surface area contributed by atoms with E-state index in [9.17, 15) is 0 Å². The maximum absolute atomic E-state index is 5.34. The third-order valence-electron chi connectivity index (χ3n) is 4.37. The first kappa shape index (κ1) is 21.3. The first-order valence-electron chi connectivity index (χ1n) is 9.05. The molecule has 0 amide bonds. The van der Waals surface area contributed by atoms with E-state index in [2.05, 4.69) is 34.4 Å². The molecule has 2 rings (SSSR count). The molecule has 0 radical (unpaired) electrons. The van der Waals surface area contributed by atoms with Crippen molar-refractivity contribution in [2.75, 3.05) is 39.3 Å². The van der Waals surface area contributed by atoms with E-state index >= 15 is 0 Å². The number of guanidine groups is 1. The summed E-state index contributed by atoms with van der Waals surface area (Å²) in [6.07, 6.45) is 6.42. The predicted octanol–water partition coefficient (Wildman–Crippen LogP) is 3.12. The standard InChI is InChI=1S/C18H32N4O.HI/c1-3-19-18(21-11-7-17-6-4-15-23-17)20-10-5-12-22-13-8-16(2)9-14-22;/h4,6,15-16H,3,5,7-14H2,1-2H3,(H2,19,20,21);1H. The van der Waals surface area contributed by atoms with Crippen molar-refractivity contribution in [2.45, 2.75) is 39.5 Å². The first-order valence-corrected chi connectivity index (χ1v) is 9.05. The van der Waals surface area contributed by atoms with Gasteiger partial charge in [-0.1, -0.05) is 6.92 Å². The number of furan rings is 1.